The van der Waals surface area contributed by atoms with Gasteiger partial charge >= 0.3 is 0 Å². The minimum absolute atomic E-state index is 0.0467. The Morgan fingerprint density at radius 3 is 2.85 bits per heavy atom. The molecule has 2 amide bonds. The number of hydrogen-bond acceptors (Lipinski definition) is 3. The van der Waals surface area contributed by atoms with Gasteiger partial charge in [-0.25, -0.2) is 0 Å². The van der Waals surface area contributed by atoms with Gasteiger partial charge in [0.25, 0.3) is 11.8 Å². The molecule has 0 saturated heterocycles. The van der Waals surface area contributed by atoms with Gasteiger partial charge in [0, 0.05) is 35.9 Å². The largest absolute Gasteiger partial charge is 0.375 e. The molecule has 3 aromatic rings. The highest BCUT2D eigenvalue weighted by atomic mass is 16.5. The summed E-state index contributed by atoms with van der Waals surface area (Å²) in [5, 5.41) is 3.91. The number of para-hydroxylation sites is 1. The number of fused-ring (bicyclic) bond motifs is 2. The van der Waals surface area contributed by atoms with Gasteiger partial charge in [-0.15, -0.1) is 0 Å². The van der Waals surface area contributed by atoms with Crippen molar-refractivity contribution in [1.82, 2.24) is 4.98 Å². The first kappa shape index (κ1) is 17.3. The van der Waals surface area contributed by atoms with Crippen molar-refractivity contribution >= 4 is 34.1 Å². The first-order chi connectivity index (χ1) is 13.2. The topological polar surface area (TPSA) is 74.4 Å². The second-order valence-electron chi connectivity index (χ2n) is 6.65. The summed E-state index contributed by atoms with van der Waals surface area (Å²) in [6.45, 7) is 0.708. The summed E-state index contributed by atoms with van der Waals surface area (Å²) in [4.78, 5) is 29.8. The maximum absolute atomic E-state index is 12.6. The molecular weight excluding hydrogens is 342 g/mol. The zero-order valence-electron chi connectivity index (χ0n) is 15.1. The lowest BCUT2D eigenvalue weighted by atomic mass is 10.0. The molecule has 0 saturated carbocycles. The Morgan fingerprint density at radius 2 is 2.04 bits per heavy atom. The molecule has 138 valence electrons. The van der Waals surface area contributed by atoms with E-state index in [1.54, 1.807) is 4.90 Å². The van der Waals surface area contributed by atoms with Gasteiger partial charge in [0.1, 0.15) is 12.3 Å². The van der Waals surface area contributed by atoms with Crippen LogP contribution in [0, 0.1) is 0 Å². The van der Waals surface area contributed by atoms with Gasteiger partial charge in [0.05, 0.1) is 0 Å². The number of amides is 2. The minimum Gasteiger partial charge on any atom is -0.375 e. The summed E-state index contributed by atoms with van der Waals surface area (Å²) in [5.74, 6) is -0.283. The van der Waals surface area contributed by atoms with Crippen LogP contribution in [0.25, 0.3) is 10.9 Å². The normalized spacial score (nSPS) is 13.4. The molecule has 0 fully saturated rings. The number of H-pyrrole nitrogens is 1. The number of nitrogens with one attached hydrogen (secondary N) is 2. The van der Waals surface area contributed by atoms with Crippen molar-refractivity contribution in [3.05, 3.63) is 59.8 Å². The third-order valence-electron chi connectivity index (χ3n) is 4.81. The van der Waals surface area contributed by atoms with Gasteiger partial charge in [-0.1, -0.05) is 24.3 Å². The van der Waals surface area contributed by atoms with Crippen molar-refractivity contribution in [3.8, 4) is 0 Å². The van der Waals surface area contributed by atoms with Crippen LogP contribution < -0.4 is 10.2 Å². The van der Waals surface area contributed by atoms with Crippen molar-refractivity contribution in [2.75, 3.05) is 30.5 Å². The molecule has 0 unspecified atom stereocenters. The number of nitrogens with zero attached hydrogens (tertiary/aromatic N) is 1. The van der Waals surface area contributed by atoms with E-state index in [0.717, 1.165) is 35.0 Å². The molecule has 0 aliphatic carbocycles. The van der Waals surface area contributed by atoms with E-state index in [0.29, 0.717) is 17.9 Å². The molecule has 1 aliphatic rings. The maximum atomic E-state index is 12.6. The zero-order chi connectivity index (χ0) is 18.8. The lowest BCUT2D eigenvalue weighted by molar-refractivity contribution is -0.122. The monoisotopic (exact) mass is 363 g/mol. The van der Waals surface area contributed by atoms with E-state index in [9.17, 15) is 9.59 Å². The number of aromatic amines is 1. The number of carbonyl (C=O) groups excluding carboxylic acids is 2. The van der Waals surface area contributed by atoms with Crippen LogP contribution in [0.5, 0.6) is 0 Å². The second kappa shape index (κ2) is 7.25. The zero-order valence-corrected chi connectivity index (χ0v) is 15.1. The number of aromatic nitrogens is 1. The van der Waals surface area contributed by atoms with Crippen LogP contribution in [0.2, 0.25) is 0 Å². The fraction of sp³-hybridized carbons (Fsp3) is 0.238. The average Bonchev–Trinajstić information content (AvgIpc) is 3.12. The van der Waals surface area contributed by atoms with Crippen LogP contribution in [0.4, 0.5) is 11.4 Å². The Morgan fingerprint density at radius 1 is 1.19 bits per heavy atom. The summed E-state index contributed by atoms with van der Waals surface area (Å²) >= 11 is 0. The lowest BCUT2D eigenvalue weighted by Crippen LogP contribution is -2.37. The molecular formula is C21H21N3O3. The predicted octanol–water partition coefficient (Wildman–Crippen LogP) is 3.35. The lowest BCUT2D eigenvalue weighted by Gasteiger charge is -2.29. The fourth-order valence-corrected chi connectivity index (χ4v) is 3.51. The third kappa shape index (κ3) is 3.44. The first-order valence-corrected chi connectivity index (χ1v) is 8.97. The number of benzene rings is 2. The summed E-state index contributed by atoms with van der Waals surface area (Å²) in [5.41, 5.74) is 4.03. The van der Waals surface area contributed by atoms with Gasteiger partial charge in [-0.2, -0.15) is 0 Å². The van der Waals surface area contributed by atoms with Crippen molar-refractivity contribution in [1.29, 1.82) is 0 Å². The van der Waals surface area contributed by atoms with Gasteiger partial charge in [0.15, 0.2) is 0 Å². The molecule has 2 heterocycles. The summed E-state index contributed by atoms with van der Waals surface area (Å²) in [7, 11) is 1.51. The number of anilines is 2. The van der Waals surface area contributed by atoms with Crippen LogP contribution in [-0.2, 0) is 16.0 Å². The smallest absolute Gasteiger partial charge is 0.272 e. The van der Waals surface area contributed by atoms with Crippen molar-refractivity contribution in [2.24, 2.45) is 0 Å². The number of methoxy groups -OCH3 is 1. The number of ether oxygens (including phenoxy) is 1. The second-order valence-corrected chi connectivity index (χ2v) is 6.65. The molecule has 0 radical (unpaired) electrons. The highest BCUT2D eigenvalue weighted by molar-refractivity contribution is 6.06. The molecule has 1 aromatic heterocycles. The van der Waals surface area contributed by atoms with Crippen molar-refractivity contribution in [2.45, 2.75) is 12.8 Å². The van der Waals surface area contributed by atoms with Gasteiger partial charge in [-0.05, 0) is 42.7 Å². The Bertz CT molecular complexity index is 976. The van der Waals surface area contributed by atoms with Crippen molar-refractivity contribution in [3.63, 3.8) is 0 Å². The summed E-state index contributed by atoms with van der Waals surface area (Å²) in [6, 6.07) is 15.3. The minimum atomic E-state index is -0.211. The van der Waals surface area contributed by atoms with E-state index < -0.39 is 0 Å². The van der Waals surface area contributed by atoms with E-state index in [1.807, 2.05) is 48.5 Å². The van der Waals surface area contributed by atoms with Gasteiger partial charge < -0.3 is 19.9 Å². The molecule has 0 atom stereocenters. The highest BCUT2D eigenvalue weighted by Gasteiger charge is 2.23. The molecule has 6 nitrogen and oxygen atoms in total. The van der Waals surface area contributed by atoms with Crippen LogP contribution in [0.3, 0.4) is 0 Å². The third-order valence-corrected chi connectivity index (χ3v) is 4.81. The van der Waals surface area contributed by atoms with E-state index in [2.05, 4.69) is 10.3 Å². The maximum Gasteiger partial charge on any atom is 0.272 e. The van der Waals surface area contributed by atoms with Crippen LogP contribution in [-0.4, -0.2) is 37.1 Å². The number of rotatable bonds is 4. The summed E-state index contributed by atoms with van der Waals surface area (Å²) in [6.07, 6.45) is 1.84. The highest BCUT2D eigenvalue weighted by Crippen LogP contribution is 2.30. The standard InChI is InChI=1S/C21H21N3O3/c1-27-13-20(25)24-10-4-6-14-8-9-16(12-19(14)24)22-21(26)18-11-15-5-2-3-7-17(15)23-18/h2-3,5,7-9,11-12,23H,4,6,10,13H2,1H3,(H,22,26). The van der Waals surface area contributed by atoms with Crippen LogP contribution >= 0.6 is 0 Å². The quantitative estimate of drug-likeness (QED) is 0.746. The Hall–Kier alpha value is -3.12. The Balaban J connectivity index is 1.58. The van der Waals surface area contributed by atoms with Gasteiger partial charge in [-0.3, -0.25) is 9.59 Å². The fourth-order valence-electron chi connectivity index (χ4n) is 3.51. The Kier molecular flexibility index (Phi) is 4.64. The molecule has 2 N–H and O–H groups in total. The Labute approximate surface area is 157 Å². The molecule has 0 bridgehead atoms. The SMILES string of the molecule is COCC(=O)N1CCCc2ccc(NC(=O)c3cc4ccccc4[nH]3)cc21. The molecule has 4 rings (SSSR count). The number of carbonyl (C=O) groups is 2. The van der Waals surface area contributed by atoms with Crippen molar-refractivity contribution < 1.29 is 14.3 Å². The number of hydrogen-bond donors (Lipinski definition) is 2. The van der Waals surface area contributed by atoms with Crippen LogP contribution in [0.1, 0.15) is 22.5 Å². The van der Waals surface area contributed by atoms with Crippen LogP contribution in [0.15, 0.2) is 48.5 Å². The molecule has 0 spiro atoms. The molecule has 2 aromatic carbocycles. The molecule has 1 aliphatic heterocycles. The van der Waals surface area contributed by atoms with Gasteiger partial charge in [0.2, 0.25) is 0 Å². The van der Waals surface area contributed by atoms with E-state index in [4.69, 9.17) is 4.74 Å². The first-order valence-electron chi connectivity index (χ1n) is 8.97. The predicted molar refractivity (Wildman–Crippen MR) is 105 cm³/mol. The molecule has 27 heavy (non-hydrogen) atoms. The van der Waals surface area contributed by atoms with E-state index in [1.165, 1.54) is 7.11 Å². The van der Waals surface area contributed by atoms with E-state index in [-0.39, 0.29) is 18.4 Å². The van der Waals surface area contributed by atoms with E-state index >= 15 is 0 Å². The average molecular weight is 363 g/mol. The molecule has 6 heteroatoms. The summed E-state index contributed by atoms with van der Waals surface area (Å²) < 4.78 is 4.99. The number of aryl methyl sites for hydroxylation is 1.